The molecule has 1 N–H and O–H groups in total. The van der Waals surface area contributed by atoms with Gasteiger partial charge >= 0.3 is 0 Å². The van der Waals surface area contributed by atoms with Crippen molar-refractivity contribution < 1.29 is 4.79 Å². The molecule has 3 atom stereocenters. The zero-order chi connectivity index (χ0) is 17.2. The first-order chi connectivity index (χ1) is 10.6. The van der Waals surface area contributed by atoms with Gasteiger partial charge in [0.15, 0.2) is 0 Å². The summed E-state index contributed by atoms with van der Waals surface area (Å²) in [4.78, 5) is 13.3. The number of hydrogen-bond acceptors (Lipinski definition) is 1. The van der Waals surface area contributed by atoms with E-state index in [4.69, 9.17) is 23.2 Å². The standard InChI is InChI=1S/C16H16Br3Cl2NO/c1-14(2)15(12(18)19)6-7-16(14,11(15)17)13(23)22-10-8(20)4-3-5-9(10)21/h3-5,11-12H,6-7H2,1-2H3,(H,22,23)/t11-,15-,16-/m0/s1. The summed E-state index contributed by atoms with van der Waals surface area (Å²) in [5.41, 5.74) is -0.155. The molecule has 0 aromatic heterocycles. The molecule has 3 fully saturated rings. The quantitative estimate of drug-likeness (QED) is 0.423. The monoisotopic (exact) mass is 545 g/mol. The van der Waals surface area contributed by atoms with Gasteiger partial charge in [-0.15, -0.1) is 0 Å². The Morgan fingerprint density at radius 1 is 1.26 bits per heavy atom. The SMILES string of the molecule is CC1(C)[C@@]2(C(=O)Nc3c(Cl)cccc3Cl)CC[C@@]1(C(Br)Br)[C@@H]2Br. The highest BCUT2D eigenvalue weighted by molar-refractivity contribution is 9.24. The third-order valence-electron chi connectivity index (χ3n) is 6.09. The fraction of sp³-hybridized carbons (Fsp3) is 0.562. The van der Waals surface area contributed by atoms with Gasteiger partial charge in [0, 0.05) is 10.2 Å². The summed E-state index contributed by atoms with van der Waals surface area (Å²) in [6.45, 7) is 4.34. The van der Waals surface area contributed by atoms with E-state index >= 15 is 0 Å². The molecule has 2 nitrogen and oxygen atoms in total. The van der Waals surface area contributed by atoms with Crippen LogP contribution in [0.15, 0.2) is 18.2 Å². The zero-order valence-electron chi connectivity index (χ0n) is 12.6. The first kappa shape index (κ1) is 18.5. The van der Waals surface area contributed by atoms with Crippen LogP contribution in [-0.4, -0.2) is 14.5 Å². The van der Waals surface area contributed by atoms with Crippen LogP contribution in [0.3, 0.4) is 0 Å². The average molecular weight is 549 g/mol. The van der Waals surface area contributed by atoms with Crippen LogP contribution >= 0.6 is 71.0 Å². The number of hydrogen-bond donors (Lipinski definition) is 1. The summed E-state index contributed by atoms with van der Waals surface area (Å²) in [7, 11) is 0. The Morgan fingerprint density at radius 2 is 1.83 bits per heavy atom. The van der Waals surface area contributed by atoms with Crippen molar-refractivity contribution in [2.24, 2.45) is 16.2 Å². The zero-order valence-corrected chi connectivity index (χ0v) is 18.9. The number of para-hydroxylation sites is 1. The summed E-state index contributed by atoms with van der Waals surface area (Å²) in [5, 5.41) is 3.88. The Balaban J connectivity index is 1.95. The lowest BCUT2D eigenvalue weighted by Gasteiger charge is -2.66. The molecule has 0 saturated heterocycles. The lowest BCUT2D eigenvalue weighted by molar-refractivity contribution is -0.155. The molecule has 1 amide bonds. The van der Waals surface area contributed by atoms with E-state index in [1.54, 1.807) is 18.2 Å². The molecule has 7 heteroatoms. The first-order valence-electron chi connectivity index (χ1n) is 7.30. The maximum absolute atomic E-state index is 13.2. The van der Waals surface area contributed by atoms with E-state index in [9.17, 15) is 4.79 Å². The Kier molecular flexibility index (Phi) is 4.72. The van der Waals surface area contributed by atoms with E-state index < -0.39 is 5.41 Å². The molecule has 3 aliphatic carbocycles. The minimum absolute atomic E-state index is 0.00534. The van der Waals surface area contributed by atoms with Crippen LogP contribution in [0.5, 0.6) is 0 Å². The summed E-state index contributed by atoms with van der Waals surface area (Å²) in [6, 6.07) is 5.22. The normalized spacial score (nSPS) is 34.3. The highest BCUT2D eigenvalue weighted by Crippen LogP contribution is 2.82. The van der Waals surface area contributed by atoms with Crippen LogP contribution in [0.4, 0.5) is 5.69 Å². The van der Waals surface area contributed by atoms with E-state index in [1.165, 1.54) is 0 Å². The number of carbonyl (C=O) groups excluding carboxylic acids is 1. The number of benzene rings is 1. The third-order valence-corrected chi connectivity index (χ3v) is 9.96. The number of anilines is 1. The van der Waals surface area contributed by atoms with Gasteiger partial charge < -0.3 is 5.32 Å². The summed E-state index contributed by atoms with van der Waals surface area (Å²) in [6.07, 6.45) is 1.80. The molecule has 0 unspecified atom stereocenters. The van der Waals surface area contributed by atoms with Crippen molar-refractivity contribution >= 4 is 82.6 Å². The molecule has 1 aromatic carbocycles. The van der Waals surface area contributed by atoms with E-state index in [0.717, 1.165) is 12.8 Å². The van der Waals surface area contributed by atoms with E-state index in [-0.39, 0.29) is 25.3 Å². The fourth-order valence-electron chi connectivity index (χ4n) is 4.54. The van der Waals surface area contributed by atoms with Gasteiger partial charge in [0.25, 0.3) is 0 Å². The Labute approximate surface area is 171 Å². The number of halogens is 5. The number of nitrogens with one attached hydrogen (secondary N) is 1. The maximum Gasteiger partial charge on any atom is 0.232 e. The predicted molar refractivity (Wildman–Crippen MR) is 107 cm³/mol. The van der Waals surface area contributed by atoms with Crippen LogP contribution in [0.1, 0.15) is 26.7 Å². The average Bonchev–Trinajstić information content (AvgIpc) is 2.92. The molecule has 0 spiro atoms. The summed E-state index contributed by atoms with van der Waals surface area (Å²) in [5.74, 6) is -0.0202. The Bertz CT molecular complexity index is 661. The van der Waals surface area contributed by atoms with Crippen molar-refractivity contribution in [1.82, 2.24) is 0 Å². The van der Waals surface area contributed by atoms with E-state index in [0.29, 0.717) is 15.7 Å². The fourth-order valence-corrected chi connectivity index (χ4v) is 9.95. The van der Waals surface area contributed by atoms with Gasteiger partial charge in [0.1, 0.15) is 0 Å². The van der Waals surface area contributed by atoms with Crippen LogP contribution in [0.2, 0.25) is 10.0 Å². The minimum Gasteiger partial charge on any atom is -0.323 e. The highest BCUT2D eigenvalue weighted by Gasteiger charge is 2.83. The second-order valence-electron chi connectivity index (χ2n) is 6.85. The van der Waals surface area contributed by atoms with Crippen molar-refractivity contribution in [3.05, 3.63) is 28.2 Å². The van der Waals surface area contributed by atoms with E-state index in [1.807, 2.05) is 0 Å². The maximum atomic E-state index is 13.2. The minimum atomic E-state index is -0.477. The highest BCUT2D eigenvalue weighted by atomic mass is 79.9. The number of rotatable bonds is 3. The van der Waals surface area contributed by atoms with Crippen molar-refractivity contribution in [1.29, 1.82) is 0 Å². The smallest absolute Gasteiger partial charge is 0.232 e. The molecule has 3 aliphatic rings. The topological polar surface area (TPSA) is 29.1 Å². The van der Waals surface area contributed by atoms with Crippen molar-refractivity contribution in [3.63, 3.8) is 0 Å². The predicted octanol–water partition coefficient (Wildman–Crippen LogP) is 6.62. The molecule has 23 heavy (non-hydrogen) atoms. The molecule has 4 rings (SSSR count). The molecule has 0 heterocycles. The van der Waals surface area contributed by atoms with Gasteiger partial charge in [0.05, 0.1) is 24.9 Å². The Morgan fingerprint density at radius 3 is 2.26 bits per heavy atom. The molecular weight excluding hydrogens is 533 g/mol. The van der Waals surface area contributed by atoms with Gasteiger partial charge in [-0.1, -0.05) is 90.9 Å². The molecule has 2 bridgehead atoms. The molecular formula is C16H16Br3Cl2NO. The van der Waals surface area contributed by atoms with Gasteiger partial charge in [-0.25, -0.2) is 0 Å². The summed E-state index contributed by atoms with van der Waals surface area (Å²) < 4.78 is 0.147. The largest absolute Gasteiger partial charge is 0.323 e. The van der Waals surface area contributed by atoms with Crippen LogP contribution < -0.4 is 5.32 Å². The lowest BCUT2D eigenvalue weighted by atomic mass is 9.43. The lowest BCUT2D eigenvalue weighted by Crippen LogP contribution is -2.71. The van der Waals surface area contributed by atoms with Crippen molar-refractivity contribution in [2.75, 3.05) is 5.32 Å². The molecule has 0 aliphatic heterocycles. The van der Waals surface area contributed by atoms with Crippen LogP contribution in [0.25, 0.3) is 0 Å². The molecule has 1 aromatic rings. The molecule has 3 saturated carbocycles. The second-order valence-corrected chi connectivity index (χ2v) is 11.6. The number of carbonyl (C=O) groups is 1. The number of alkyl halides is 3. The van der Waals surface area contributed by atoms with E-state index in [2.05, 4.69) is 67.0 Å². The molecule has 0 radical (unpaired) electrons. The third kappa shape index (κ3) is 2.12. The number of fused-ring (bicyclic) bond motifs is 1. The second kappa shape index (κ2) is 5.87. The van der Waals surface area contributed by atoms with Gasteiger partial charge in [-0.2, -0.15) is 0 Å². The van der Waals surface area contributed by atoms with Gasteiger partial charge in [0.2, 0.25) is 5.91 Å². The van der Waals surface area contributed by atoms with Crippen LogP contribution in [-0.2, 0) is 4.79 Å². The summed E-state index contributed by atoms with van der Waals surface area (Å²) >= 11 is 23.6. The van der Waals surface area contributed by atoms with Crippen LogP contribution in [0, 0.1) is 16.2 Å². The number of amides is 1. The first-order valence-corrected chi connectivity index (χ1v) is 10.8. The molecule has 126 valence electrons. The van der Waals surface area contributed by atoms with Crippen molar-refractivity contribution in [3.8, 4) is 0 Å². The Hall–Kier alpha value is 0.710. The van der Waals surface area contributed by atoms with Gasteiger partial charge in [-0.05, 0) is 30.4 Å². The van der Waals surface area contributed by atoms with Gasteiger partial charge in [-0.3, -0.25) is 4.79 Å². The van der Waals surface area contributed by atoms with Crippen molar-refractivity contribution in [2.45, 2.75) is 35.3 Å².